The summed E-state index contributed by atoms with van der Waals surface area (Å²) in [7, 11) is 0. The van der Waals surface area contributed by atoms with Crippen LogP contribution in [0.2, 0.25) is 0 Å². The molecule has 0 spiro atoms. The van der Waals surface area contributed by atoms with Crippen molar-refractivity contribution < 1.29 is 9.47 Å². The summed E-state index contributed by atoms with van der Waals surface area (Å²) in [5, 5.41) is 1.14. The van der Waals surface area contributed by atoms with Gasteiger partial charge in [-0.3, -0.25) is 0 Å². The van der Waals surface area contributed by atoms with Crippen LogP contribution in [0.4, 0.5) is 0 Å². The van der Waals surface area contributed by atoms with Gasteiger partial charge in [0.15, 0.2) is 0 Å². The Morgan fingerprint density at radius 3 is 2.06 bits per heavy atom. The summed E-state index contributed by atoms with van der Waals surface area (Å²) >= 11 is 3.50. The molecular weight excluding hydrogens is 484 g/mol. The van der Waals surface area contributed by atoms with Crippen LogP contribution < -0.4 is 9.47 Å². The van der Waals surface area contributed by atoms with Crippen LogP contribution in [0.5, 0.6) is 11.5 Å². The van der Waals surface area contributed by atoms with E-state index in [-0.39, 0.29) is 5.92 Å². The maximum atomic E-state index is 6.16. The van der Waals surface area contributed by atoms with Crippen molar-refractivity contribution >= 4 is 15.9 Å². The van der Waals surface area contributed by atoms with Gasteiger partial charge in [-0.05, 0) is 42.2 Å². The Balaban J connectivity index is 1.32. The first kappa shape index (κ1) is 24.9. The topological polar surface area (TPSA) is 18.5 Å². The molecule has 0 aliphatic carbocycles. The van der Waals surface area contributed by atoms with Gasteiger partial charge in [-0.1, -0.05) is 115 Å². The number of hydrogen-bond donors (Lipinski definition) is 0. The van der Waals surface area contributed by atoms with Crippen LogP contribution in [-0.2, 0) is 0 Å². The molecule has 1 aliphatic rings. The number of unbranched alkanes of at least 4 members (excludes halogenated alkanes) is 7. The fourth-order valence-corrected chi connectivity index (χ4v) is 5.38. The third kappa shape index (κ3) is 6.88. The first-order valence-electron chi connectivity index (χ1n) is 12.9. The molecule has 3 aromatic carbocycles. The summed E-state index contributed by atoms with van der Waals surface area (Å²) in [5.74, 6) is 2.54. The van der Waals surface area contributed by atoms with Gasteiger partial charge in [-0.15, -0.1) is 0 Å². The molecule has 1 heterocycles. The molecule has 0 aromatic heterocycles. The van der Waals surface area contributed by atoms with E-state index in [2.05, 4.69) is 94.8 Å². The van der Waals surface area contributed by atoms with Crippen molar-refractivity contribution in [2.75, 3.05) is 18.5 Å². The van der Waals surface area contributed by atoms with E-state index in [9.17, 15) is 0 Å². The highest BCUT2D eigenvalue weighted by Gasteiger charge is 2.33. The minimum absolute atomic E-state index is 0.274. The Morgan fingerprint density at radius 1 is 0.676 bits per heavy atom. The lowest BCUT2D eigenvalue weighted by atomic mass is 9.76. The summed E-state index contributed by atoms with van der Waals surface area (Å²) in [5.41, 5.74) is 3.91. The van der Waals surface area contributed by atoms with Gasteiger partial charge in [0.1, 0.15) is 11.5 Å². The second-order valence-electron chi connectivity index (χ2n) is 9.28. The smallest absolute Gasteiger partial charge is 0.123 e. The molecular formula is C31H37BrO2. The molecule has 3 heteroatoms. The Hall–Kier alpha value is -2.26. The van der Waals surface area contributed by atoms with Crippen molar-refractivity contribution in [3.8, 4) is 11.5 Å². The van der Waals surface area contributed by atoms with E-state index in [0.717, 1.165) is 29.9 Å². The second kappa shape index (κ2) is 13.6. The van der Waals surface area contributed by atoms with E-state index < -0.39 is 0 Å². The van der Waals surface area contributed by atoms with E-state index in [4.69, 9.17) is 9.47 Å². The maximum Gasteiger partial charge on any atom is 0.123 e. The van der Waals surface area contributed by atoms with Gasteiger partial charge in [0, 0.05) is 22.7 Å². The average Bonchev–Trinajstić information content (AvgIpc) is 2.90. The minimum atomic E-state index is 0.274. The predicted octanol–water partition coefficient (Wildman–Crippen LogP) is 8.89. The van der Waals surface area contributed by atoms with Crippen molar-refractivity contribution in [3.63, 3.8) is 0 Å². The van der Waals surface area contributed by atoms with E-state index >= 15 is 0 Å². The molecule has 3 aromatic rings. The Labute approximate surface area is 213 Å². The first-order valence-corrected chi connectivity index (χ1v) is 14.0. The maximum absolute atomic E-state index is 6.16. The van der Waals surface area contributed by atoms with E-state index in [1.54, 1.807) is 0 Å². The standard InChI is InChI=1S/C31H37BrO2/c32-22-12-5-3-1-2-4-6-13-23-33-27-20-18-26(19-21-27)31-28-16-10-11-17-30(28)34-24-29(31)25-14-8-7-9-15-25/h7-11,14-21,29,31H,1-6,12-13,22-24H2. The van der Waals surface area contributed by atoms with Crippen molar-refractivity contribution in [1.82, 2.24) is 0 Å². The van der Waals surface area contributed by atoms with Gasteiger partial charge < -0.3 is 9.47 Å². The molecule has 2 nitrogen and oxygen atoms in total. The zero-order chi connectivity index (χ0) is 23.4. The Bertz CT molecular complexity index is 970. The van der Waals surface area contributed by atoms with Crippen molar-refractivity contribution in [3.05, 3.63) is 95.6 Å². The number of halogens is 1. The summed E-state index contributed by atoms with van der Waals surface area (Å²) in [6, 6.07) is 28.0. The SMILES string of the molecule is BrCCCCCCCCCCOc1ccc(C2c3ccccc3OCC2c2ccccc2)cc1. The quantitative estimate of drug-likeness (QED) is 0.165. The molecule has 0 fully saturated rings. The van der Waals surface area contributed by atoms with Crippen LogP contribution >= 0.6 is 15.9 Å². The molecule has 1 aliphatic heterocycles. The van der Waals surface area contributed by atoms with Crippen LogP contribution in [0.1, 0.15) is 79.9 Å². The molecule has 2 atom stereocenters. The number of fused-ring (bicyclic) bond motifs is 1. The van der Waals surface area contributed by atoms with Crippen LogP contribution in [0.3, 0.4) is 0 Å². The van der Waals surface area contributed by atoms with Crippen molar-refractivity contribution in [2.45, 2.75) is 63.2 Å². The molecule has 2 unspecified atom stereocenters. The molecule has 4 rings (SSSR count). The third-order valence-corrected chi connectivity index (χ3v) is 7.40. The number of rotatable bonds is 13. The average molecular weight is 522 g/mol. The molecule has 0 amide bonds. The highest BCUT2D eigenvalue weighted by Crippen LogP contribution is 2.46. The number of ether oxygens (including phenoxy) is 2. The lowest BCUT2D eigenvalue weighted by Gasteiger charge is -2.34. The second-order valence-corrected chi connectivity index (χ2v) is 10.1. The first-order chi connectivity index (χ1) is 16.9. The lowest BCUT2D eigenvalue weighted by Crippen LogP contribution is -2.25. The zero-order valence-electron chi connectivity index (χ0n) is 20.1. The molecule has 34 heavy (non-hydrogen) atoms. The molecule has 0 saturated carbocycles. The van der Waals surface area contributed by atoms with E-state index in [0.29, 0.717) is 12.5 Å². The summed E-state index contributed by atoms with van der Waals surface area (Å²) < 4.78 is 12.2. The number of para-hydroxylation sites is 1. The Morgan fingerprint density at radius 2 is 1.32 bits per heavy atom. The van der Waals surface area contributed by atoms with Gasteiger partial charge in [-0.25, -0.2) is 0 Å². The van der Waals surface area contributed by atoms with Crippen molar-refractivity contribution in [2.24, 2.45) is 0 Å². The van der Waals surface area contributed by atoms with Gasteiger partial charge in [0.25, 0.3) is 0 Å². The number of benzene rings is 3. The highest BCUT2D eigenvalue weighted by atomic mass is 79.9. The fourth-order valence-electron chi connectivity index (χ4n) is 4.98. The van der Waals surface area contributed by atoms with Crippen LogP contribution in [0.15, 0.2) is 78.9 Å². The van der Waals surface area contributed by atoms with Crippen LogP contribution in [0, 0.1) is 0 Å². The fraction of sp³-hybridized carbons (Fsp3) is 0.419. The lowest BCUT2D eigenvalue weighted by molar-refractivity contribution is 0.249. The van der Waals surface area contributed by atoms with Crippen molar-refractivity contribution in [1.29, 1.82) is 0 Å². The van der Waals surface area contributed by atoms with E-state index in [1.807, 2.05) is 0 Å². The van der Waals surface area contributed by atoms with Gasteiger partial charge in [-0.2, -0.15) is 0 Å². The van der Waals surface area contributed by atoms with E-state index in [1.165, 1.54) is 61.6 Å². The molecule has 180 valence electrons. The Kier molecular flexibility index (Phi) is 9.93. The summed E-state index contributed by atoms with van der Waals surface area (Å²) in [4.78, 5) is 0. The number of hydrogen-bond acceptors (Lipinski definition) is 2. The van der Waals surface area contributed by atoms with Crippen LogP contribution in [0.25, 0.3) is 0 Å². The summed E-state index contributed by atoms with van der Waals surface area (Å²) in [6.07, 6.45) is 10.5. The predicted molar refractivity (Wildman–Crippen MR) is 146 cm³/mol. The van der Waals surface area contributed by atoms with Crippen LogP contribution in [-0.4, -0.2) is 18.5 Å². The highest BCUT2D eigenvalue weighted by molar-refractivity contribution is 9.09. The normalized spacial score (nSPS) is 17.1. The largest absolute Gasteiger partial charge is 0.494 e. The number of alkyl halides is 1. The zero-order valence-corrected chi connectivity index (χ0v) is 21.7. The molecule has 0 saturated heterocycles. The van der Waals surface area contributed by atoms with Gasteiger partial charge >= 0.3 is 0 Å². The molecule has 0 N–H and O–H groups in total. The minimum Gasteiger partial charge on any atom is -0.494 e. The monoisotopic (exact) mass is 520 g/mol. The summed E-state index contributed by atoms with van der Waals surface area (Å²) in [6.45, 7) is 1.50. The van der Waals surface area contributed by atoms with Gasteiger partial charge in [0.05, 0.1) is 13.2 Å². The molecule has 0 radical (unpaired) electrons. The van der Waals surface area contributed by atoms with Gasteiger partial charge in [0.2, 0.25) is 0 Å². The molecule has 0 bridgehead atoms. The third-order valence-electron chi connectivity index (χ3n) is 6.84.